The fraction of sp³-hybridized carbons (Fsp3) is 0.611. The van der Waals surface area contributed by atoms with Crippen molar-refractivity contribution in [2.24, 2.45) is 11.8 Å². The summed E-state index contributed by atoms with van der Waals surface area (Å²) in [6.07, 6.45) is -0.209. The van der Waals surface area contributed by atoms with Crippen molar-refractivity contribution in [3.05, 3.63) is 29.3 Å². The maximum absolute atomic E-state index is 12.0. The van der Waals surface area contributed by atoms with Crippen molar-refractivity contribution in [1.82, 2.24) is 10.2 Å². The highest BCUT2D eigenvalue weighted by Gasteiger charge is 2.56. The minimum Gasteiger partial charge on any atom is -0.507 e. The molecule has 2 unspecified atom stereocenters. The van der Waals surface area contributed by atoms with Crippen LogP contribution in [0.15, 0.2) is 18.2 Å². The van der Waals surface area contributed by atoms with Gasteiger partial charge in [0, 0.05) is 31.2 Å². The van der Waals surface area contributed by atoms with Crippen LogP contribution in [0.2, 0.25) is 0 Å². The fourth-order valence-electron chi connectivity index (χ4n) is 3.39. The van der Waals surface area contributed by atoms with Crippen LogP contribution in [0.5, 0.6) is 5.75 Å². The number of phenols is 1. The van der Waals surface area contributed by atoms with Crippen molar-refractivity contribution >= 4 is 6.09 Å². The molecular formula is C18H26N2O3. The zero-order chi connectivity index (χ0) is 16.8. The van der Waals surface area contributed by atoms with Crippen LogP contribution in [0.4, 0.5) is 4.79 Å². The Hall–Kier alpha value is -1.75. The molecule has 2 atom stereocenters. The predicted octanol–water partition coefficient (Wildman–Crippen LogP) is 2.66. The number of fused-ring (bicyclic) bond motifs is 1. The number of ether oxygens (including phenoxy) is 1. The Balaban J connectivity index is 1.47. The first-order valence-corrected chi connectivity index (χ1v) is 8.25. The lowest BCUT2D eigenvalue weighted by Gasteiger charge is -2.26. The number of carbonyl (C=O) groups is 1. The van der Waals surface area contributed by atoms with Gasteiger partial charge in [0.1, 0.15) is 11.4 Å². The van der Waals surface area contributed by atoms with Gasteiger partial charge in [0.25, 0.3) is 0 Å². The van der Waals surface area contributed by atoms with Gasteiger partial charge in [0.15, 0.2) is 0 Å². The third-order valence-corrected chi connectivity index (χ3v) is 4.70. The number of carbonyl (C=O) groups excluding carboxylic acids is 1. The highest BCUT2D eigenvalue weighted by molar-refractivity contribution is 5.69. The van der Waals surface area contributed by atoms with Crippen LogP contribution >= 0.6 is 0 Å². The number of para-hydroxylation sites is 1. The van der Waals surface area contributed by atoms with E-state index in [9.17, 15) is 9.90 Å². The lowest BCUT2D eigenvalue weighted by molar-refractivity contribution is 0.0269. The average molecular weight is 318 g/mol. The van der Waals surface area contributed by atoms with E-state index >= 15 is 0 Å². The molecule has 0 aromatic heterocycles. The summed E-state index contributed by atoms with van der Waals surface area (Å²) in [5.41, 5.74) is 1.39. The minimum absolute atomic E-state index is 0.209. The van der Waals surface area contributed by atoms with Crippen molar-refractivity contribution in [3.8, 4) is 5.75 Å². The standard InChI is InChI=1S/C18H26N2O3/c1-11-6-5-7-12(16(11)21)8-19-15-13-9-20(10-14(13)15)17(22)23-18(2,3)4/h5-7,13-15,19,21H,8-10H2,1-4H3. The normalized spacial score (nSPS) is 26.1. The summed E-state index contributed by atoms with van der Waals surface area (Å²) in [5, 5.41) is 13.6. The van der Waals surface area contributed by atoms with Gasteiger partial charge in [0.05, 0.1) is 0 Å². The first-order chi connectivity index (χ1) is 10.8. The molecule has 2 aliphatic rings. The Kier molecular flexibility index (Phi) is 4.00. The molecule has 0 bridgehead atoms. The van der Waals surface area contributed by atoms with Crippen LogP contribution in [0.25, 0.3) is 0 Å². The van der Waals surface area contributed by atoms with E-state index in [-0.39, 0.29) is 6.09 Å². The first-order valence-electron chi connectivity index (χ1n) is 8.25. The molecule has 2 N–H and O–H groups in total. The van der Waals surface area contributed by atoms with Gasteiger partial charge in [-0.3, -0.25) is 0 Å². The molecule has 5 heteroatoms. The predicted molar refractivity (Wildman–Crippen MR) is 88.3 cm³/mol. The summed E-state index contributed by atoms with van der Waals surface area (Å²) < 4.78 is 5.42. The van der Waals surface area contributed by atoms with E-state index < -0.39 is 5.60 Å². The number of nitrogens with one attached hydrogen (secondary N) is 1. The molecule has 1 aliphatic heterocycles. The Bertz CT molecular complexity index is 597. The Morgan fingerprint density at radius 1 is 1.35 bits per heavy atom. The van der Waals surface area contributed by atoms with Gasteiger partial charge in [0.2, 0.25) is 0 Å². The molecule has 0 spiro atoms. The maximum atomic E-state index is 12.0. The Morgan fingerprint density at radius 3 is 2.61 bits per heavy atom. The summed E-state index contributed by atoms with van der Waals surface area (Å²) in [5.74, 6) is 1.39. The molecule has 126 valence electrons. The van der Waals surface area contributed by atoms with Crippen molar-refractivity contribution in [2.75, 3.05) is 13.1 Å². The van der Waals surface area contributed by atoms with E-state index in [0.29, 0.717) is 30.2 Å². The van der Waals surface area contributed by atoms with Gasteiger partial charge in [-0.15, -0.1) is 0 Å². The number of aromatic hydroxyl groups is 1. The van der Waals surface area contributed by atoms with E-state index in [4.69, 9.17) is 4.74 Å². The number of aryl methyl sites for hydroxylation is 1. The number of nitrogens with zero attached hydrogens (tertiary/aromatic N) is 1. The molecule has 2 fully saturated rings. The molecule has 5 nitrogen and oxygen atoms in total. The lowest BCUT2D eigenvalue weighted by Crippen LogP contribution is -2.39. The first kappa shape index (κ1) is 16.1. The summed E-state index contributed by atoms with van der Waals surface area (Å²) in [6, 6.07) is 6.25. The lowest BCUT2D eigenvalue weighted by atomic mass is 10.1. The molecule has 1 aromatic rings. The number of piperidine rings is 1. The molecular weight excluding hydrogens is 292 g/mol. The van der Waals surface area contributed by atoms with Crippen LogP contribution < -0.4 is 5.32 Å². The highest BCUT2D eigenvalue weighted by Crippen LogP contribution is 2.46. The molecule has 1 amide bonds. The number of hydrogen-bond acceptors (Lipinski definition) is 4. The smallest absolute Gasteiger partial charge is 0.410 e. The van der Waals surface area contributed by atoms with E-state index in [1.54, 1.807) is 0 Å². The largest absolute Gasteiger partial charge is 0.507 e. The topological polar surface area (TPSA) is 61.8 Å². The van der Waals surface area contributed by atoms with Gasteiger partial charge in [-0.05, 0) is 45.1 Å². The van der Waals surface area contributed by atoms with Crippen molar-refractivity contribution in [1.29, 1.82) is 0 Å². The molecule has 23 heavy (non-hydrogen) atoms. The van der Waals surface area contributed by atoms with Gasteiger partial charge in [-0.2, -0.15) is 0 Å². The van der Waals surface area contributed by atoms with E-state index in [0.717, 1.165) is 24.2 Å². The number of hydrogen-bond donors (Lipinski definition) is 2. The van der Waals surface area contributed by atoms with E-state index in [2.05, 4.69) is 5.32 Å². The van der Waals surface area contributed by atoms with Gasteiger partial charge in [-0.25, -0.2) is 4.79 Å². The van der Waals surface area contributed by atoms with Gasteiger partial charge < -0.3 is 20.1 Å². The number of amides is 1. The van der Waals surface area contributed by atoms with Crippen molar-refractivity contribution in [2.45, 2.75) is 45.9 Å². The van der Waals surface area contributed by atoms with Crippen molar-refractivity contribution < 1.29 is 14.6 Å². The second-order valence-corrected chi connectivity index (χ2v) is 7.70. The second kappa shape index (κ2) is 5.71. The third-order valence-electron chi connectivity index (χ3n) is 4.70. The third kappa shape index (κ3) is 3.44. The number of phenolic OH excluding ortho intramolecular Hbond substituents is 1. The molecule has 3 rings (SSSR count). The monoisotopic (exact) mass is 318 g/mol. The molecule has 0 radical (unpaired) electrons. The molecule has 1 aliphatic carbocycles. The minimum atomic E-state index is -0.440. The van der Waals surface area contributed by atoms with Crippen LogP contribution in [0.3, 0.4) is 0 Å². The summed E-state index contributed by atoms with van der Waals surface area (Å²) in [6.45, 7) is 9.76. The zero-order valence-corrected chi connectivity index (χ0v) is 14.3. The molecule has 1 saturated heterocycles. The summed E-state index contributed by atoms with van der Waals surface area (Å²) >= 11 is 0. The van der Waals surface area contributed by atoms with Crippen LogP contribution in [-0.4, -0.2) is 40.8 Å². The van der Waals surface area contributed by atoms with E-state index in [1.165, 1.54) is 0 Å². The summed E-state index contributed by atoms with van der Waals surface area (Å²) in [7, 11) is 0. The number of benzene rings is 1. The van der Waals surface area contributed by atoms with Crippen LogP contribution in [0, 0.1) is 18.8 Å². The number of likely N-dealkylation sites (tertiary alicyclic amines) is 1. The second-order valence-electron chi connectivity index (χ2n) is 7.70. The fourth-order valence-corrected chi connectivity index (χ4v) is 3.39. The van der Waals surface area contributed by atoms with E-state index in [1.807, 2.05) is 50.8 Å². The van der Waals surface area contributed by atoms with Gasteiger partial charge >= 0.3 is 6.09 Å². The number of rotatable bonds is 3. The molecule has 1 aromatic carbocycles. The molecule has 1 heterocycles. The SMILES string of the molecule is Cc1cccc(CNC2C3CN(C(=O)OC(C)(C)C)CC32)c1O. The van der Waals surface area contributed by atoms with Crippen LogP contribution in [0.1, 0.15) is 31.9 Å². The molecule has 1 saturated carbocycles. The Labute approximate surface area is 137 Å². The van der Waals surface area contributed by atoms with Gasteiger partial charge in [-0.1, -0.05) is 18.2 Å². The van der Waals surface area contributed by atoms with Crippen LogP contribution in [-0.2, 0) is 11.3 Å². The average Bonchev–Trinajstić information content (AvgIpc) is 2.90. The zero-order valence-electron chi connectivity index (χ0n) is 14.3. The quantitative estimate of drug-likeness (QED) is 0.899. The summed E-state index contributed by atoms with van der Waals surface area (Å²) in [4.78, 5) is 13.9. The van der Waals surface area contributed by atoms with Crippen molar-refractivity contribution in [3.63, 3.8) is 0 Å². The maximum Gasteiger partial charge on any atom is 0.410 e. The Morgan fingerprint density at radius 2 is 2.00 bits per heavy atom. The highest BCUT2D eigenvalue weighted by atomic mass is 16.6.